The van der Waals surface area contributed by atoms with Gasteiger partial charge in [0.1, 0.15) is 11.6 Å². The van der Waals surface area contributed by atoms with Gasteiger partial charge in [0, 0.05) is 24.4 Å². The Morgan fingerprint density at radius 1 is 1.25 bits per heavy atom. The number of hydrogen-bond acceptors (Lipinski definition) is 3. The Morgan fingerprint density at radius 3 is 2.60 bits per heavy atom. The minimum Gasteiger partial charge on any atom is -0.439 e. The van der Waals surface area contributed by atoms with Crippen LogP contribution in [0.25, 0.3) is 0 Å². The van der Waals surface area contributed by atoms with E-state index in [1.165, 1.54) is 6.07 Å². The Morgan fingerprint density at radius 2 is 2.00 bits per heavy atom. The molecular formula is C16H19FN2O. The number of hydrogen-bond donors (Lipinski definition) is 1. The van der Waals surface area contributed by atoms with E-state index in [1.807, 2.05) is 6.07 Å². The van der Waals surface area contributed by atoms with E-state index < -0.39 is 0 Å². The van der Waals surface area contributed by atoms with Crippen molar-refractivity contribution in [2.45, 2.75) is 33.2 Å². The van der Waals surface area contributed by atoms with Gasteiger partial charge in [-0.05, 0) is 36.1 Å². The molecule has 4 heteroatoms. The summed E-state index contributed by atoms with van der Waals surface area (Å²) in [6, 6.07) is 8.52. The first-order chi connectivity index (χ1) is 9.49. The molecule has 20 heavy (non-hydrogen) atoms. The molecule has 0 fully saturated rings. The van der Waals surface area contributed by atoms with Crippen molar-refractivity contribution in [1.82, 2.24) is 4.98 Å². The van der Waals surface area contributed by atoms with Crippen LogP contribution in [0.5, 0.6) is 11.6 Å². The van der Waals surface area contributed by atoms with E-state index in [2.05, 4.69) is 18.8 Å². The van der Waals surface area contributed by atoms with Crippen LogP contribution in [0.1, 0.15) is 36.6 Å². The minimum absolute atomic E-state index is 0.276. The number of aryl methyl sites for hydroxylation is 1. The number of halogens is 1. The lowest BCUT2D eigenvalue weighted by molar-refractivity contribution is 0.453. The van der Waals surface area contributed by atoms with Gasteiger partial charge < -0.3 is 10.5 Å². The van der Waals surface area contributed by atoms with Crippen LogP contribution in [-0.4, -0.2) is 4.98 Å². The summed E-state index contributed by atoms with van der Waals surface area (Å²) in [6.45, 7) is 6.24. The summed E-state index contributed by atoms with van der Waals surface area (Å²) in [4.78, 5) is 4.43. The molecule has 0 aliphatic carbocycles. The largest absolute Gasteiger partial charge is 0.439 e. The molecule has 2 aromatic rings. The first kappa shape index (κ1) is 14.5. The third-order valence-electron chi connectivity index (χ3n) is 3.07. The molecule has 0 atom stereocenters. The summed E-state index contributed by atoms with van der Waals surface area (Å²) in [7, 11) is 0. The number of benzene rings is 1. The summed E-state index contributed by atoms with van der Waals surface area (Å²) in [5, 5.41) is 0. The fraction of sp³-hybridized carbons (Fsp3) is 0.312. The van der Waals surface area contributed by atoms with E-state index in [4.69, 9.17) is 10.5 Å². The second-order valence-electron chi connectivity index (χ2n) is 5.11. The molecule has 0 spiro atoms. The van der Waals surface area contributed by atoms with Gasteiger partial charge in [-0.3, -0.25) is 0 Å². The van der Waals surface area contributed by atoms with E-state index in [0.29, 0.717) is 23.7 Å². The average molecular weight is 274 g/mol. The third kappa shape index (κ3) is 3.33. The number of rotatable bonds is 4. The quantitative estimate of drug-likeness (QED) is 0.919. The van der Waals surface area contributed by atoms with Crippen molar-refractivity contribution in [2.75, 3.05) is 0 Å². The van der Waals surface area contributed by atoms with Crippen molar-refractivity contribution >= 4 is 0 Å². The highest BCUT2D eigenvalue weighted by molar-refractivity contribution is 5.33. The lowest BCUT2D eigenvalue weighted by Gasteiger charge is -2.11. The first-order valence-corrected chi connectivity index (χ1v) is 6.64. The van der Waals surface area contributed by atoms with Gasteiger partial charge in [0.2, 0.25) is 5.88 Å². The monoisotopic (exact) mass is 274 g/mol. The van der Waals surface area contributed by atoms with Gasteiger partial charge in [0.15, 0.2) is 0 Å². The SMILES string of the molecule is Cc1ccc(Oc2cc(CN)cc(C(C)C)n2)cc1F. The number of nitrogens with two attached hydrogens (primary N) is 1. The standard InChI is InChI=1S/C16H19FN2O/c1-10(2)15-6-12(9-18)7-16(19-15)20-13-5-4-11(3)14(17)8-13/h4-8,10H,9,18H2,1-3H3. The van der Waals surface area contributed by atoms with Crippen LogP contribution in [0.15, 0.2) is 30.3 Å². The first-order valence-electron chi connectivity index (χ1n) is 6.64. The van der Waals surface area contributed by atoms with Crippen LogP contribution in [0.3, 0.4) is 0 Å². The minimum atomic E-state index is -0.290. The smallest absolute Gasteiger partial charge is 0.219 e. The Kier molecular flexibility index (Phi) is 4.35. The Bertz CT molecular complexity index is 611. The molecule has 0 aliphatic heterocycles. The summed E-state index contributed by atoms with van der Waals surface area (Å²) in [6.07, 6.45) is 0. The predicted molar refractivity (Wildman–Crippen MR) is 77.4 cm³/mol. The Labute approximate surface area is 118 Å². The molecule has 0 aliphatic rings. The number of ether oxygens (including phenoxy) is 1. The molecule has 2 N–H and O–H groups in total. The Balaban J connectivity index is 2.32. The average Bonchev–Trinajstić information content (AvgIpc) is 2.42. The molecule has 106 valence electrons. The maximum atomic E-state index is 13.5. The molecular weight excluding hydrogens is 255 g/mol. The van der Waals surface area contributed by atoms with Crippen molar-refractivity contribution in [3.8, 4) is 11.6 Å². The highest BCUT2D eigenvalue weighted by Crippen LogP contribution is 2.25. The molecule has 0 amide bonds. The van der Waals surface area contributed by atoms with Crippen molar-refractivity contribution in [1.29, 1.82) is 0 Å². The molecule has 3 nitrogen and oxygen atoms in total. The van der Waals surface area contributed by atoms with Crippen LogP contribution >= 0.6 is 0 Å². The maximum Gasteiger partial charge on any atom is 0.219 e. The molecule has 1 aromatic carbocycles. The summed E-state index contributed by atoms with van der Waals surface area (Å²) in [5.74, 6) is 0.865. The molecule has 1 heterocycles. The summed E-state index contributed by atoms with van der Waals surface area (Å²) >= 11 is 0. The number of nitrogens with zero attached hydrogens (tertiary/aromatic N) is 1. The molecule has 0 saturated heterocycles. The topological polar surface area (TPSA) is 48.1 Å². The van der Waals surface area contributed by atoms with Gasteiger partial charge in [-0.25, -0.2) is 9.37 Å². The van der Waals surface area contributed by atoms with Gasteiger partial charge in [-0.15, -0.1) is 0 Å². The van der Waals surface area contributed by atoms with Crippen LogP contribution < -0.4 is 10.5 Å². The van der Waals surface area contributed by atoms with Crippen LogP contribution in [0.4, 0.5) is 4.39 Å². The van der Waals surface area contributed by atoms with E-state index in [-0.39, 0.29) is 11.7 Å². The summed E-state index contributed by atoms with van der Waals surface area (Å²) in [5.41, 5.74) is 8.13. The fourth-order valence-corrected chi connectivity index (χ4v) is 1.81. The van der Waals surface area contributed by atoms with E-state index in [1.54, 1.807) is 25.1 Å². The highest BCUT2D eigenvalue weighted by Gasteiger charge is 2.08. The van der Waals surface area contributed by atoms with Crippen molar-refractivity contribution in [3.63, 3.8) is 0 Å². The lowest BCUT2D eigenvalue weighted by atomic mass is 10.1. The van der Waals surface area contributed by atoms with Crippen LogP contribution in [0, 0.1) is 12.7 Å². The Hall–Kier alpha value is -1.94. The molecule has 1 aromatic heterocycles. The van der Waals surface area contributed by atoms with Crippen LogP contribution in [0.2, 0.25) is 0 Å². The highest BCUT2D eigenvalue weighted by atomic mass is 19.1. The second kappa shape index (κ2) is 6.01. The van der Waals surface area contributed by atoms with Gasteiger partial charge in [-0.1, -0.05) is 19.9 Å². The molecule has 0 radical (unpaired) electrons. The molecule has 0 saturated carbocycles. The van der Waals surface area contributed by atoms with Gasteiger partial charge in [0.25, 0.3) is 0 Å². The predicted octanol–water partition coefficient (Wildman–Crippen LogP) is 3.90. The van der Waals surface area contributed by atoms with Crippen molar-refractivity contribution in [2.24, 2.45) is 5.73 Å². The van der Waals surface area contributed by atoms with Crippen molar-refractivity contribution < 1.29 is 9.13 Å². The lowest BCUT2D eigenvalue weighted by Crippen LogP contribution is -2.02. The molecule has 0 unspecified atom stereocenters. The zero-order chi connectivity index (χ0) is 14.7. The molecule has 2 rings (SSSR count). The van der Waals surface area contributed by atoms with Gasteiger partial charge in [0.05, 0.1) is 0 Å². The van der Waals surface area contributed by atoms with Crippen molar-refractivity contribution in [3.05, 3.63) is 53.0 Å². The maximum absolute atomic E-state index is 13.5. The third-order valence-corrected chi connectivity index (χ3v) is 3.07. The zero-order valence-electron chi connectivity index (χ0n) is 12.0. The van der Waals surface area contributed by atoms with E-state index in [0.717, 1.165) is 11.3 Å². The van der Waals surface area contributed by atoms with E-state index in [9.17, 15) is 4.39 Å². The second-order valence-corrected chi connectivity index (χ2v) is 5.11. The van der Waals surface area contributed by atoms with Gasteiger partial charge >= 0.3 is 0 Å². The van der Waals surface area contributed by atoms with Gasteiger partial charge in [-0.2, -0.15) is 0 Å². The number of pyridine rings is 1. The molecule has 0 bridgehead atoms. The number of aromatic nitrogens is 1. The normalized spacial score (nSPS) is 10.9. The van der Waals surface area contributed by atoms with E-state index >= 15 is 0 Å². The summed E-state index contributed by atoms with van der Waals surface area (Å²) < 4.78 is 19.2. The zero-order valence-corrected chi connectivity index (χ0v) is 12.0. The fourth-order valence-electron chi connectivity index (χ4n) is 1.81. The van der Waals surface area contributed by atoms with Crippen LogP contribution in [-0.2, 0) is 6.54 Å².